The van der Waals surface area contributed by atoms with Crippen LogP contribution in [0.1, 0.15) is 88.3 Å². The first-order valence-corrected chi connectivity index (χ1v) is 19.5. The number of nitrogens with one attached hydrogen (secondary N) is 1. The molecule has 0 bridgehead atoms. The lowest BCUT2D eigenvalue weighted by molar-refractivity contribution is -0.267. The van der Waals surface area contributed by atoms with Crippen LogP contribution in [0, 0.1) is 12.3 Å². The number of piperidine rings is 2. The van der Waals surface area contributed by atoms with Crippen LogP contribution in [-0.4, -0.2) is 97.1 Å². The van der Waals surface area contributed by atoms with Gasteiger partial charge in [0.25, 0.3) is 0 Å². The average Bonchev–Trinajstić information content (AvgIpc) is 3.50. The Hall–Kier alpha value is -3.94. The molecule has 0 aliphatic carbocycles. The van der Waals surface area contributed by atoms with E-state index in [-0.39, 0.29) is 31.4 Å². The number of likely N-dealkylation sites (tertiary alicyclic amines) is 1. The molecule has 1 spiro atoms. The van der Waals surface area contributed by atoms with Crippen molar-refractivity contribution in [3.05, 3.63) is 77.0 Å². The molecule has 3 fully saturated rings. The normalized spacial score (nSPS) is 23.3. The first-order valence-electron chi connectivity index (χ1n) is 19.5. The van der Waals surface area contributed by atoms with Crippen LogP contribution < -0.4 is 5.32 Å². The number of halogens is 2. The molecule has 1 aromatic heterocycles. The number of benzene rings is 2. The second-order valence-corrected chi connectivity index (χ2v) is 15.4. The van der Waals surface area contributed by atoms with Gasteiger partial charge in [-0.1, -0.05) is 48.6 Å². The van der Waals surface area contributed by atoms with Crippen LogP contribution in [0.15, 0.2) is 54.7 Å². The number of aromatic nitrogens is 1. The summed E-state index contributed by atoms with van der Waals surface area (Å²) in [5, 5.41) is 4.53. The molecular weight excluding hydrogens is 773 g/mol. The summed E-state index contributed by atoms with van der Waals surface area (Å²) in [6.07, 6.45) is 7.53. The third kappa shape index (κ3) is 11.6. The quantitative estimate of drug-likeness (QED) is 0.158. The molecule has 4 heterocycles. The molecule has 2 aromatic carbocycles. The minimum Gasteiger partial charge on any atom is -0.463 e. The van der Waals surface area contributed by atoms with Gasteiger partial charge in [-0.05, 0) is 98.8 Å². The molecule has 6 rings (SSSR count). The predicted molar refractivity (Wildman–Crippen MR) is 221 cm³/mol. The average molecular weight is 831 g/mol. The van der Waals surface area contributed by atoms with Gasteiger partial charge in [0.15, 0.2) is 24.5 Å². The molecule has 3 aromatic rings. The third-order valence-electron chi connectivity index (χ3n) is 11.1. The summed E-state index contributed by atoms with van der Waals surface area (Å²) in [6, 6.07) is 14.5. The van der Waals surface area contributed by atoms with E-state index >= 15 is 0 Å². The largest absolute Gasteiger partial charge is 0.463 e. The van der Waals surface area contributed by atoms with Gasteiger partial charge in [-0.15, -0.1) is 24.8 Å². The first-order chi connectivity index (χ1) is 26.4. The van der Waals surface area contributed by atoms with Gasteiger partial charge in [-0.3, -0.25) is 19.2 Å². The second kappa shape index (κ2) is 20.7. The highest BCUT2D eigenvalue weighted by Crippen LogP contribution is 2.40. The van der Waals surface area contributed by atoms with Gasteiger partial charge in [0.1, 0.15) is 12.7 Å². The van der Waals surface area contributed by atoms with Gasteiger partial charge in [0.2, 0.25) is 0 Å². The maximum absolute atomic E-state index is 12.5. The summed E-state index contributed by atoms with van der Waals surface area (Å²) in [7, 11) is 0. The van der Waals surface area contributed by atoms with E-state index in [1.807, 2.05) is 35.9 Å². The number of carbonyl (C=O) groups is 4. The van der Waals surface area contributed by atoms with Crippen LogP contribution in [0.4, 0.5) is 0 Å². The number of esters is 4. The smallest absolute Gasteiger partial charge is 0.303 e. The minimum absolute atomic E-state index is 0. The van der Waals surface area contributed by atoms with Crippen molar-refractivity contribution in [2.45, 2.75) is 104 Å². The number of hydrogen-bond donors (Lipinski definition) is 1. The number of carbonyl (C=O) groups excluding carboxylic acids is 4. The molecule has 12 nitrogen and oxygen atoms in total. The van der Waals surface area contributed by atoms with E-state index in [1.54, 1.807) is 0 Å². The van der Waals surface area contributed by atoms with Gasteiger partial charge in [0.05, 0.1) is 5.52 Å². The van der Waals surface area contributed by atoms with Crippen molar-refractivity contribution in [2.75, 3.05) is 39.3 Å². The molecule has 0 unspecified atom stereocenters. The summed E-state index contributed by atoms with van der Waals surface area (Å²) in [5.74, 6) is -2.56. The highest BCUT2D eigenvalue weighted by atomic mass is 35.5. The molecule has 3 aliphatic rings. The number of rotatable bonds is 12. The van der Waals surface area contributed by atoms with E-state index < -0.39 is 54.5 Å². The summed E-state index contributed by atoms with van der Waals surface area (Å²) < 4.78 is 30.8. The van der Waals surface area contributed by atoms with E-state index in [2.05, 4.69) is 46.6 Å². The van der Waals surface area contributed by atoms with Crippen LogP contribution in [0.2, 0.25) is 0 Å². The summed E-state index contributed by atoms with van der Waals surface area (Å²) >= 11 is 0. The van der Waals surface area contributed by atoms with Gasteiger partial charge in [-0.2, -0.15) is 0 Å². The fourth-order valence-electron chi connectivity index (χ4n) is 8.67. The van der Waals surface area contributed by atoms with Crippen LogP contribution in [0.25, 0.3) is 17.0 Å². The number of ether oxygens (including phenoxy) is 5. The Bertz CT molecular complexity index is 1870. The van der Waals surface area contributed by atoms with Gasteiger partial charge in [0, 0.05) is 52.4 Å². The van der Waals surface area contributed by atoms with Crippen LogP contribution in [0.3, 0.4) is 0 Å². The molecule has 57 heavy (non-hydrogen) atoms. The lowest BCUT2D eigenvalue weighted by Gasteiger charge is -2.45. The van der Waals surface area contributed by atoms with Crippen LogP contribution >= 0.6 is 24.8 Å². The Labute approximate surface area is 347 Å². The molecule has 5 atom stereocenters. The molecule has 0 amide bonds. The number of fused-ring (bicyclic) bond motifs is 1. The molecule has 0 radical (unpaired) electrons. The summed E-state index contributed by atoms with van der Waals surface area (Å²) in [5.41, 5.74) is 5.62. The first kappa shape index (κ1) is 45.8. The van der Waals surface area contributed by atoms with E-state index in [9.17, 15) is 19.2 Å². The lowest BCUT2D eigenvalue weighted by atomic mass is 9.73. The molecule has 1 N–H and O–H groups in total. The lowest BCUT2D eigenvalue weighted by Crippen LogP contribution is -2.60. The van der Waals surface area contributed by atoms with Crippen molar-refractivity contribution in [3.63, 3.8) is 0 Å². The summed E-state index contributed by atoms with van der Waals surface area (Å²) in [4.78, 5) is 51.7. The van der Waals surface area contributed by atoms with Crippen molar-refractivity contribution in [1.29, 1.82) is 0 Å². The zero-order valence-electron chi connectivity index (χ0n) is 33.5. The highest BCUT2D eigenvalue weighted by Gasteiger charge is 2.53. The second-order valence-electron chi connectivity index (χ2n) is 15.4. The zero-order valence-corrected chi connectivity index (χ0v) is 35.2. The Morgan fingerprint density at radius 1 is 0.860 bits per heavy atom. The van der Waals surface area contributed by atoms with Crippen molar-refractivity contribution in [3.8, 4) is 0 Å². The predicted octanol–water partition coefficient (Wildman–Crippen LogP) is 6.51. The molecular formula is C43H57Cl2N3O9. The SMILES string of the molecule is CC(=O)OC[C@H]1O[C@@H](n2cc(Cc3ccc(C=CCCN4CCCC5(CCNCC5)C4)cc3)c3c(C)cccc32)[C@H](OC(C)=O)[C@@H](OC(C)=O)[C@@H]1OC(C)=O.Cl.Cl. The summed E-state index contributed by atoms with van der Waals surface area (Å²) in [6.45, 7) is 12.5. The van der Waals surface area contributed by atoms with Gasteiger partial charge >= 0.3 is 23.9 Å². The van der Waals surface area contributed by atoms with Crippen LogP contribution in [-0.2, 0) is 49.3 Å². The Kier molecular flexibility index (Phi) is 16.6. The zero-order chi connectivity index (χ0) is 39.1. The standard InChI is InChI=1S/C43H55N3O9.2ClH/c1-28-10-8-12-36-38(28)35(24-34-15-13-33(14-16-34)11-6-7-22-45-23-9-17-43(27-45)18-20-44-21-19-43)25-46(36)42-41(54-32(5)50)40(53-31(4)49)39(52-30(3)48)37(55-42)26-51-29(2)47;;/h6,8,10-16,25,37,39-42,44H,7,9,17-24,26-27H2,1-5H3;2*1H/t37-,39-,40+,41-,42-;;/m1../s1. The van der Waals surface area contributed by atoms with Crippen LogP contribution in [0.5, 0.6) is 0 Å². The molecule has 312 valence electrons. The number of hydrogen-bond acceptors (Lipinski definition) is 11. The van der Waals surface area contributed by atoms with E-state index in [4.69, 9.17) is 23.7 Å². The van der Waals surface area contributed by atoms with Gasteiger partial charge in [-0.25, -0.2) is 0 Å². The Morgan fingerprint density at radius 3 is 2.19 bits per heavy atom. The van der Waals surface area contributed by atoms with Crippen molar-refractivity contribution in [1.82, 2.24) is 14.8 Å². The van der Waals surface area contributed by atoms with Gasteiger partial charge < -0.3 is 38.5 Å². The third-order valence-corrected chi connectivity index (χ3v) is 11.1. The number of nitrogens with zero attached hydrogens (tertiary/aromatic N) is 2. The minimum atomic E-state index is -1.26. The molecule has 14 heteroatoms. The molecule has 3 aliphatic heterocycles. The van der Waals surface area contributed by atoms with Crippen molar-refractivity contribution in [2.24, 2.45) is 5.41 Å². The topological polar surface area (TPSA) is 135 Å². The van der Waals surface area contributed by atoms with Crippen molar-refractivity contribution < 1.29 is 42.9 Å². The fraction of sp³-hybridized carbons (Fsp3) is 0.535. The maximum atomic E-state index is 12.5. The molecule has 0 saturated carbocycles. The molecule has 3 saturated heterocycles. The Balaban J connectivity index is 0.00000360. The van der Waals surface area contributed by atoms with Crippen molar-refractivity contribution >= 4 is 65.7 Å². The fourth-order valence-corrected chi connectivity index (χ4v) is 8.67. The monoisotopic (exact) mass is 829 g/mol. The highest BCUT2D eigenvalue weighted by molar-refractivity contribution is 5.88. The van der Waals surface area contributed by atoms with E-state index in [0.29, 0.717) is 11.8 Å². The Morgan fingerprint density at radius 2 is 1.53 bits per heavy atom. The van der Waals surface area contributed by atoms with E-state index in [0.717, 1.165) is 59.2 Å². The number of aryl methyl sites for hydroxylation is 1. The maximum Gasteiger partial charge on any atom is 0.303 e. The van der Waals surface area contributed by atoms with E-state index in [1.165, 1.54) is 66.5 Å².